The van der Waals surface area contributed by atoms with E-state index in [2.05, 4.69) is 15.6 Å². The quantitative estimate of drug-likeness (QED) is 0.322. The molecule has 0 saturated carbocycles. The first-order chi connectivity index (χ1) is 15.8. The van der Waals surface area contributed by atoms with Crippen molar-refractivity contribution in [2.75, 3.05) is 5.32 Å². The van der Waals surface area contributed by atoms with Crippen molar-refractivity contribution < 1.29 is 24.2 Å². The van der Waals surface area contributed by atoms with Crippen LogP contribution in [-0.4, -0.2) is 39.2 Å². The van der Waals surface area contributed by atoms with Crippen LogP contribution in [-0.2, 0) is 4.79 Å². The summed E-state index contributed by atoms with van der Waals surface area (Å²) in [5.74, 6) is -2.18. The zero-order valence-electron chi connectivity index (χ0n) is 17.4. The number of fused-ring (bicyclic) bond motifs is 1. The molecule has 9 heteroatoms. The number of rotatable bonds is 7. The number of thiazole rings is 1. The van der Waals surface area contributed by atoms with Crippen LogP contribution in [0.15, 0.2) is 66.7 Å². The van der Waals surface area contributed by atoms with Gasteiger partial charge in [-0.1, -0.05) is 35.6 Å². The van der Waals surface area contributed by atoms with E-state index >= 15 is 0 Å². The van der Waals surface area contributed by atoms with Crippen LogP contribution in [0, 0.1) is 5.82 Å². The number of hydrogen-bond donors (Lipinski definition) is 4. The first-order valence-electron chi connectivity index (χ1n) is 10.1. The second-order valence-electron chi connectivity index (χ2n) is 7.44. The minimum Gasteiger partial charge on any atom is -0.480 e. The third-order valence-electron chi connectivity index (χ3n) is 5.00. The van der Waals surface area contributed by atoms with E-state index in [-0.39, 0.29) is 11.4 Å². The number of aliphatic hydroxyl groups excluding tert-OH is 1. The van der Waals surface area contributed by atoms with Crippen LogP contribution in [0.25, 0.3) is 21.3 Å². The highest BCUT2D eigenvalue weighted by atomic mass is 32.1. The van der Waals surface area contributed by atoms with Crippen LogP contribution in [0.3, 0.4) is 0 Å². The second-order valence-corrected chi connectivity index (χ2v) is 8.47. The van der Waals surface area contributed by atoms with Crippen molar-refractivity contribution in [2.45, 2.75) is 19.1 Å². The van der Waals surface area contributed by atoms with E-state index < -0.39 is 24.0 Å². The number of halogens is 1. The number of benzene rings is 3. The number of carbonyl (C=O) groups excluding carboxylic acids is 1. The molecule has 0 aliphatic carbocycles. The van der Waals surface area contributed by atoms with Gasteiger partial charge in [0.25, 0.3) is 5.91 Å². The molecule has 1 aromatic heterocycles. The van der Waals surface area contributed by atoms with Crippen LogP contribution >= 0.6 is 11.3 Å². The average molecular weight is 466 g/mol. The number of carboxylic acids is 1. The van der Waals surface area contributed by atoms with E-state index in [1.807, 2.05) is 24.3 Å². The Morgan fingerprint density at radius 2 is 1.64 bits per heavy atom. The topological polar surface area (TPSA) is 112 Å². The molecule has 33 heavy (non-hydrogen) atoms. The van der Waals surface area contributed by atoms with Crippen LogP contribution in [0.1, 0.15) is 17.3 Å². The molecule has 1 heterocycles. The first-order valence-corrected chi connectivity index (χ1v) is 10.9. The third kappa shape index (κ3) is 5.16. The monoisotopic (exact) mass is 465 g/mol. The molecule has 0 aliphatic rings. The highest BCUT2D eigenvalue weighted by Gasteiger charge is 2.25. The lowest BCUT2D eigenvalue weighted by Gasteiger charge is -2.17. The van der Waals surface area contributed by atoms with Crippen molar-refractivity contribution in [1.82, 2.24) is 10.3 Å². The molecule has 0 fully saturated rings. The molecule has 0 radical (unpaired) electrons. The Hall–Kier alpha value is -3.82. The van der Waals surface area contributed by atoms with Crippen molar-refractivity contribution in [2.24, 2.45) is 0 Å². The highest BCUT2D eigenvalue weighted by molar-refractivity contribution is 7.22. The highest BCUT2D eigenvalue weighted by Crippen LogP contribution is 2.30. The van der Waals surface area contributed by atoms with Crippen LogP contribution in [0.2, 0.25) is 0 Å². The normalized spacial score (nSPS) is 12.8. The summed E-state index contributed by atoms with van der Waals surface area (Å²) in [6.45, 7) is 1.30. The molecule has 1 amide bonds. The number of aliphatic carboxylic acids is 1. The molecule has 0 saturated heterocycles. The molecule has 0 bridgehead atoms. The molecule has 0 spiro atoms. The van der Waals surface area contributed by atoms with E-state index in [0.29, 0.717) is 5.13 Å². The zero-order valence-corrected chi connectivity index (χ0v) is 18.3. The Bertz CT molecular complexity index is 1300. The smallest absolute Gasteiger partial charge is 0.328 e. The van der Waals surface area contributed by atoms with Gasteiger partial charge >= 0.3 is 5.97 Å². The lowest BCUT2D eigenvalue weighted by atomic mass is 10.0. The summed E-state index contributed by atoms with van der Waals surface area (Å²) in [5, 5.41) is 24.8. The Morgan fingerprint density at radius 3 is 2.24 bits per heavy atom. The van der Waals surface area contributed by atoms with Crippen molar-refractivity contribution in [1.29, 1.82) is 0 Å². The molecule has 4 N–H and O–H groups in total. The van der Waals surface area contributed by atoms with E-state index in [1.54, 1.807) is 30.3 Å². The fraction of sp³-hybridized carbons (Fsp3) is 0.125. The van der Waals surface area contributed by atoms with E-state index in [4.69, 9.17) is 5.11 Å². The summed E-state index contributed by atoms with van der Waals surface area (Å²) in [4.78, 5) is 27.9. The van der Waals surface area contributed by atoms with Crippen molar-refractivity contribution in [3.8, 4) is 11.1 Å². The standard InChI is InChI=1S/C24H20FN3O4S/c1-13(29)21(23(31)32)28-22(30)16-4-2-14(3-5-16)15-6-9-18(10-7-15)26-24-27-19-11-8-17(25)12-20(19)33-24/h2-13,21,29H,1H3,(H,26,27)(H,28,30)(H,31,32)/t13-,21-/m0/s1. The largest absolute Gasteiger partial charge is 0.480 e. The number of amides is 1. The van der Waals surface area contributed by atoms with Gasteiger partial charge in [-0.2, -0.15) is 0 Å². The minimum absolute atomic E-state index is 0.288. The van der Waals surface area contributed by atoms with Crippen LogP contribution in [0.5, 0.6) is 0 Å². The Kier molecular flexibility index (Phi) is 6.34. The summed E-state index contributed by atoms with van der Waals surface area (Å²) in [6, 6.07) is 17.4. The molecular formula is C24H20FN3O4S. The third-order valence-corrected chi connectivity index (χ3v) is 5.94. The maximum atomic E-state index is 13.4. The lowest BCUT2D eigenvalue weighted by Crippen LogP contribution is -2.47. The maximum Gasteiger partial charge on any atom is 0.328 e. The first kappa shape index (κ1) is 22.4. The number of nitrogens with one attached hydrogen (secondary N) is 2. The van der Waals surface area contributed by atoms with Gasteiger partial charge in [0.2, 0.25) is 0 Å². The number of carbonyl (C=O) groups is 2. The molecule has 168 valence electrons. The molecular weight excluding hydrogens is 445 g/mol. The maximum absolute atomic E-state index is 13.4. The van der Waals surface area contributed by atoms with Gasteiger partial charge in [-0.05, 0) is 60.5 Å². The van der Waals surface area contributed by atoms with Gasteiger partial charge in [0.05, 0.1) is 16.3 Å². The number of anilines is 2. The van der Waals surface area contributed by atoms with Crippen LogP contribution in [0.4, 0.5) is 15.2 Å². The van der Waals surface area contributed by atoms with Gasteiger partial charge < -0.3 is 20.8 Å². The van der Waals surface area contributed by atoms with Gasteiger partial charge in [0.1, 0.15) is 5.82 Å². The Labute approximate surface area is 192 Å². The van der Waals surface area contributed by atoms with E-state index in [9.17, 15) is 19.1 Å². The summed E-state index contributed by atoms with van der Waals surface area (Å²) in [6.07, 6.45) is -1.22. The Morgan fingerprint density at radius 1 is 1.00 bits per heavy atom. The van der Waals surface area contributed by atoms with Crippen molar-refractivity contribution >= 4 is 44.2 Å². The van der Waals surface area contributed by atoms with Gasteiger partial charge in [-0.15, -0.1) is 0 Å². The molecule has 3 aromatic carbocycles. The lowest BCUT2D eigenvalue weighted by molar-refractivity contribution is -0.141. The fourth-order valence-electron chi connectivity index (χ4n) is 3.25. The molecule has 0 aliphatic heterocycles. The summed E-state index contributed by atoms with van der Waals surface area (Å²) in [5.41, 5.74) is 3.64. The molecule has 4 aromatic rings. The molecule has 4 rings (SSSR count). The molecule has 7 nitrogen and oxygen atoms in total. The molecule has 2 atom stereocenters. The number of hydrogen-bond acceptors (Lipinski definition) is 6. The predicted molar refractivity (Wildman–Crippen MR) is 125 cm³/mol. The van der Waals surface area contributed by atoms with E-state index in [1.165, 1.54) is 30.4 Å². The molecule has 0 unspecified atom stereocenters. The number of aromatic nitrogens is 1. The predicted octanol–water partition coefficient (Wildman–Crippen LogP) is 4.41. The van der Waals surface area contributed by atoms with Gasteiger partial charge in [0.15, 0.2) is 11.2 Å². The summed E-state index contributed by atoms with van der Waals surface area (Å²) >= 11 is 1.37. The number of nitrogens with zero attached hydrogens (tertiary/aromatic N) is 1. The minimum atomic E-state index is -1.38. The van der Waals surface area contributed by atoms with Gasteiger partial charge in [-0.25, -0.2) is 14.2 Å². The number of carboxylic acid groups (broad SMARTS) is 1. The summed E-state index contributed by atoms with van der Waals surface area (Å²) in [7, 11) is 0. The Balaban J connectivity index is 1.44. The summed E-state index contributed by atoms with van der Waals surface area (Å²) < 4.78 is 14.1. The van der Waals surface area contributed by atoms with Crippen molar-refractivity contribution in [3.63, 3.8) is 0 Å². The number of aliphatic hydroxyl groups is 1. The van der Waals surface area contributed by atoms with Gasteiger partial charge in [-0.3, -0.25) is 4.79 Å². The van der Waals surface area contributed by atoms with Crippen molar-refractivity contribution in [3.05, 3.63) is 78.1 Å². The SMILES string of the molecule is C[C@H](O)[C@H](NC(=O)c1ccc(-c2ccc(Nc3nc4ccc(F)cc4s3)cc2)cc1)C(=O)O. The van der Waals surface area contributed by atoms with Gasteiger partial charge in [0, 0.05) is 11.3 Å². The average Bonchev–Trinajstić information content (AvgIpc) is 3.18. The fourth-order valence-corrected chi connectivity index (χ4v) is 4.16. The van der Waals surface area contributed by atoms with Crippen LogP contribution < -0.4 is 10.6 Å². The second kappa shape index (κ2) is 9.35. The van der Waals surface area contributed by atoms with E-state index in [0.717, 1.165) is 27.0 Å². The zero-order chi connectivity index (χ0) is 23.5.